The molecular weight excluding hydrogens is 504 g/mol. The highest BCUT2D eigenvalue weighted by Crippen LogP contribution is 2.28. The number of fused-ring (bicyclic) bond motifs is 1. The van der Waals surface area contributed by atoms with E-state index in [-0.39, 0.29) is 5.56 Å². The third kappa shape index (κ3) is 5.64. The average molecular weight is 537 g/mol. The van der Waals surface area contributed by atoms with Gasteiger partial charge in [-0.05, 0) is 14.1 Å². The van der Waals surface area contributed by atoms with E-state index in [0.717, 1.165) is 30.3 Å². The Bertz CT molecular complexity index is 1440. The molecule has 0 spiro atoms. The van der Waals surface area contributed by atoms with E-state index < -0.39 is 5.97 Å². The summed E-state index contributed by atoms with van der Waals surface area (Å²) in [5.41, 5.74) is 2.44. The first kappa shape index (κ1) is 26.4. The first-order chi connectivity index (χ1) is 18.8. The summed E-state index contributed by atoms with van der Waals surface area (Å²) in [4.78, 5) is 45.3. The highest BCUT2D eigenvalue weighted by atomic mass is 16.7. The zero-order valence-electron chi connectivity index (χ0n) is 22.5. The summed E-state index contributed by atoms with van der Waals surface area (Å²) >= 11 is 0. The molecule has 4 aromatic rings. The second-order valence-corrected chi connectivity index (χ2v) is 9.56. The number of carbonyl (C=O) groups is 1. The summed E-state index contributed by atoms with van der Waals surface area (Å²) in [6.45, 7) is 4.71. The van der Waals surface area contributed by atoms with Crippen LogP contribution in [0.5, 0.6) is 0 Å². The van der Waals surface area contributed by atoms with Crippen molar-refractivity contribution in [1.82, 2.24) is 44.2 Å². The highest BCUT2D eigenvalue weighted by molar-refractivity contribution is 5.88. The van der Waals surface area contributed by atoms with Gasteiger partial charge in [0.2, 0.25) is 5.95 Å². The third-order valence-corrected chi connectivity index (χ3v) is 6.47. The van der Waals surface area contributed by atoms with Crippen LogP contribution in [0.4, 0.5) is 11.8 Å². The maximum atomic E-state index is 11.6. The van der Waals surface area contributed by atoms with E-state index in [2.05, 4.69) is 29.7 Å². The van der Waals surface area contributed by atoms with Crippen molar-refractivity contribution in [2.75, 3.05) is 63.8 Å². The molecule has 1 fully saturated rings. The quantitative estimate of drug-likeness (QED) is 0.287. The fraction of sp³-hybridized carbons (Fsp3) is 0.458. The summed E-state index contributed by atoms with van der Waals surface area (Å²) in [7, 11) is 7.84. The van der Waals surface area contributed by atoms with Gasteiger partial charge in [0, 0.05) is 52.3 Å². The fourth-order valence-electron chi connectivity index (χ4n) is 4.24. The number of aryl methyl sites for hydroxylation is 1. The summed E-state index contributed by atoms with van der Waals surface area (Å²) in [5, 5.41) is 4.51. The first-order valence-corrected chi connectivity index (χ1v) is 12.5. The standard InChI is InChI=1S/C24H32N12O3/c1-32(2)5-6-36-14-17(13-28-36)20-30-21-19(22(31-20)35-7-9-38-10-8-35)29-18(34(21)4)15-33(3)24-26-11-16(12-27-24)23(37)39-25/h11-14H,5-10,15,25H2,1-4H3. The van der Waals surface area contributed by atoms with E-state index in [1.54, 1.807) is 6.20 Å². The Morgan fingerprint density at radius 3 is 2.54 bits per heavy atom. The minimum atomic E-state index is -0.701. The highest BCUT2D eigenvalue weighted by Gasteiger charge is 2.24. The Kier molecular flexibility index (Phi) is 7.63. The molecule has 1 aliphatic heterocycles. The fourth-order valence-corrected chi connectivity index (χ4v) is 4.24. The average Bonchev–Trinajstić information content (AvgIpc) is 3.56. The van der Waals surface area contributed by atoms with Crippen LogP contribution in [0, 0.1) is 0 Å². The molecule has 5 heterocycles. The molecule has 0 unspecified atom stereocenters. The predicted octanol–water partition coefficient (Wildman–Crippen LogP) is 0.0819. The smallest absolute Gasteiger partial charge is 0.359 e. The second kappa shape index (κ2) is 11.3. The van der Waals surface area contributed by atoms with Crippen LogP contribution < -0.4 is 15.7 Å². The molecule has 0 saturated carbocycles. The van der Waals surface area contributed by atoms with E-state index in [1.807, 2.05) is 48.5 Å². The van der Waals surface area contributed by atoms with Gasteiger partial charge in [0.25, 0.3) is 0 Å². The van der Waals surface area contributed by atoms with Crippen LogP contribution >= 0.6 is 0 Å². The molecule has 1 aliphatic rings. The van der Waals surface area contributed by atoms with Crippen molar-refractivity contribution in [2.45, 2.75) is 13.1 Å². The number of ether oxygens (including phenoxy) is 1. The maximum absolute atomic E-state index is 11.6. The SMILES string of the molecule is CN(C)CCn1cc(-c2nc(N3CCOCC3)c3nc(CN(C)c4ncc(C(=O)ON)cn4)n(C)c3n2)cn1. The van der Waals surface area contributed by atoms with Crippen LogP contribution in [0.3, 0.4) is 0 Å². The van der Waals surface area contributed by atoms with Crippen molar-refractivity contribution >= 4 is 28.9 Å². The van der Waals surface area contributed by atoms with Crippen LogP contribution in [-0.4, -0.2) is 104 Å². The first-order valence-electron chi connectivity index (χ1n) is 12.5. The Labute approximate surface area is 225 Å². The summed E-state index contributed by atoms with van der Waals surface area (Å²) in [6.07, 6.45) is 6.51. The summed E-state index contributed by atoms with van der Waals surface area (Å²) in [5.74, 6) is 6.77. The number of hydrogen-bond acceptors (Lipinski definition) is 13. The Morgan fingerprint density at radius 2 is 1.85 bits per heavy atom. The number of hydrogen-bond donors (Lipinski definition) is 1. The van der Waals surface area contributed by atoms with Crippen LogP contribution in [0.15, 0.2) is 24.8 Å². The van der Waals surface area contributed by atoms with E-state index in [1.165, 1.54) is 12.4 Å². The molecule has 5 rings (SSSR count). The van der Waals surface area contributed by atoms with Gasteiger partial charge in [0.05, 0.1) is 43.6 Å². The number of anilines is 2. The number of morpholine rings is 1. The molecule has 39 heavy (non-hydrogen) atoms. The zero-order valence-corrected chi connectivity index (χ0v) is 22.5. The molecule has 206 valence electrons. The third-order valence-electron chi connectivity index (χ3n) is 6.47. The van der Waals surface area contributed by atoms with Gasteiger partial charge >= 0.3 is 5.97 Å². The Balaban J connectivity index is 1.48. The van der Waals surface area contributed by atoms with E-state index in [9.17, 15) is 4.79 Å². The molecule has 0 aliphatic carbocycles. The molecule has 4 aromatic heterocycles. The lowest BCUT2D eigenvalue weighted by Crippen LogP contribution is -2.37. The number of carbonyl (C=O) groups excluding carboxylic acids is 1. The largest absolute Gasteiger partial charge is 0.378 e. The number of likely N-dealkylation sites (N-methyl/N-ethyl adjacent to an activating group) is 1. The van der Waals surface area contributed by atoms with Gasteiger partial charge in [-0.25, -0.2) is 29.7 Å². The maximum Gasteiger partial charge on any atom is 0.359 e. The van der Waals surface area contributed by atoms with Gasteiger partial charge in [-0.1, -0.05) is 0 Å². The number of nitrogens with two attached hydrogens (primary N) is 1. The Hall–Kier alpha value is -4.21. The molecule has 0 radical (unpaired) electrons. The number of nitrogens with zero attached hydrogens (tertiary/aromatic N) is 11. The van der Waals surface area contributed by atoms with Gasteiger partial charge in [0.1, 0.15) is 5.82 Å². The van der Waals surface area contributed by atoms with Crippen molar-refractivity contribution in [3.05, 3.63) is 36.2 Å². The predicted molar refractivity (Wildman–Crippen MR) is 143 cm³/mol. The Morgan fingerprint density at radius 1 is 1.10 bits per heavy atom. The lowest BCUT2D eigenvalue weighted by Gasteiger charge is -2.28. The van der Waals surface area contributed by atoms with Crippen molar-refractivity contribution in [2.24, 2.45) is 12.9 Å². The van der Waals surface area contributed by atoms with Gasteiger partial charge in [-0.3, -0.25) is 4.68 Å². The number of aromatic nitrogens is 8. The molecule has 0 atom stereocenters. The molecular formula is C24H32N12O3. The van der Waals surface area contributed by atoms with Gasteiger partial charge in [0.15, 0.2) is 22.8 Å². The molecule has 0 aromatic carbocycles. The van der Waals surface area contributed by atoms with Gasteiger partial charge in [-0.15, -0.1) is 0 Å². The summed E-state index contributed by atoms with van der Waals surface area (Å²) < 4.78 is 9.43. The second-order valence-electron chi connectivity index (χ2n) is 9.56. The van der Waals surface area contributed by atoms with Crippen molar-refractivity contribution in [3.63, 3.8) is 0 Å². The van der Waals surface area contributed by atoms with Crippen LogP contribution in [0.1, 0.15) is 16.2 Å². The summed E-state index contributed by atoms with van der Waals surface area (Å²) in [6, 6.07) is 0. The molecule has 2 N–H and O–H groups in total. The monoisotopic (exact) mass is 536 g/mol. The van der Waals surface area contributed by atoms with E-state index in [4.69, 9.17) is 25.6 Å². The van der Waals surface area contributed by atoms with Crippen molar-refractivity contribution in [1.29, 1.82) is 0 Å². The lowest BCUT2D eigenvalue weighted by molar-refractivity contribution is 0.0502. The van der Waals surface area contributed by atoms with Gasteiger partial charge < -0.3 is 28.8 Å². The topological polar surface area (TPSA) is 158 Å². The molecule has 0 amide bonds. The number of imidazole rings is 1. The molecule has 15 nitrogen and oxygen atoms in total. The van der Waals surface area contributed by atoms with Crippen molar-refractivity contribution < 1.29 is 14.4 Å². The van der Waals surface area contributed by atoms with Crippen LogP contribution in [0.25, 0.3) is 22.6 Å². The molecule has 15 heteroatoms. The van der Waals surface area contributed by atoms with E-state index >= 15 is 0 Å². The minimum absolute atomic E-state index is 0.167. The van der Waals surface area contributed by atoms with Gasteiger partial charge in [-0.2, -0.15) is 11.0 Å². The van der Waals surface area contributed by atoms with Crippen LogP contribution in [0.2, 0.25) is 0 Å². The zero-order chi connectivity index (χ0) is 27.5. The molecule has 1 saturated heterocycles. The minimum Gasteiger partial charge on any atom is -0.378 e. The lowest BCUT2D eigenvalue weighted by atomic mass is 10.3. The normalized spacial score (nSPS) is 13.8. The van der Waals surface area contributed by atoms with Crippen molar-refractivity contribution in [3.8, 4) is 11.4 Å². The number of rotatable bonds is 9. The molecule has 0 bridgehead atoms. The van der Waals surface area contributed by atoms with Crippen LogP contribution in [-0.2, 0) is 29.7 Å². The van der Waals surface area contributed by atoms with E-state index in [0.29, 0.717) is 55.8 Å².